The average molecular weight is 410 g/mol. The Morgan fingerprint density at radius 2 is 1.93 bits per heavy atom. The van der Waals surface area contributed by atoms with Crippen LogP contribution in [-0.2, 0) is 11.3 Å². The quantitative estimate of drug-likeness (QED) is 0.248. The number of ketones is 1. The number of esters is 1. The second kappa shape index (κ2) is 8.36. The van der Waals surface area contributed by atoms with Crippen LogP contribution in [0.5, 0.6) is 0 Å². The normalized spacial score (nSPS) is 11.9. The first-order chi connectivity index (χ1) is 14.2. The van der Waals surface area contributed by atoms with Gasteiger partial charge in [0.2, 0.25) is 5.78 Å². The van der Waals surface area contributed by atoms with Gasteiger partial charge in [0.25, 0.3) is 5.69 Å². The molecule has 8 heteroatoms. The molecule has 8 nitrogen and oxygen atoms in total. The summed E-state index contributed by atoms with van der Waals surface area (Å²) in [7, 11) is 0. The third kappa shape index (κ3) is 4.17. The van der Waals surface area contributed by atoms with E-state index in [1.165, 1.54) is 32.0 Å². The number of carbonyl (C=O) groups excluding carboxylic acids is 2. The first-order valence-corrected chi connectivity index (χ1v) is 9.38. The predicted molar refractivity (Wildman–Crippen MR) is 109 cm³/mol. The van der Waals surface area contributed by atoms with E-state index in [4.69, 9.17) is 9.15 Å². The Labute approximate surface area is 173 Å². The third-order valence-electron chi connectivity index (χ3n) is 5.02. The third-order valence-corrected chi connectivity index (χ3v) is 5.02. The summed E-state index contributed by atoms with van der Waals surface area (Å²) < 4.78 is 12.7. The molecule has 1 aromatic carbocycles. The van der Waals surface area contributed by atoms with Gasteiger partial charge >= 0.3 is 5.97 Å². The molecule has 0 unspecified atom stereocenters. The van der Waals surface area contributed by atoms with Gasteiger partial charge in [0.1, 0.15) is 5.76 Å². The number of furan rings is 1. The number of Topliss-reactive ketones (excluding diaryl/α,β-unsaturated/α-hetero) is 1. The fourth-order valence-corrected chi connectivity index (χ4v) is 3.34. The van der Waals surface area contributed by atoms with Crippen molar-refractivity contribution in [2.45, 2.75) is 40.3 Å². The van der Waals surface area contributed by atoms with Crippen LogP contribution in [0.2, 0.25) is 0 Å². The molecular weight excluding hydrogens is 388 g/mol. The van der Waals surface area contributed by atoms with E-state index in [1.807, 2.05) is 24.5 Å². The van der Waals surface area contributed by atoms with Crippen LogP contribution in [-0.4, -0.2) is 27.3 Å². The van der Waals surface area contributed by atoms with Crippen molar-refractivity contribution in [1.29, 1.82) is 0 Å². The zero-order valence-electron chi connectivity index (χ0n) is 17.2. The minimum absolute atomic E-state index is 0.0836. The topological polar surface area (TPSA) is 105 Å². The molecule has 0 aliphatic rings. The number of ether oxygens (including phenoxy) is 1. The molecule has 0 spiro atoms. The van der Waals surface area contributed by atoms with Crippen molar-refractivity contribution in [2.75, 3.05) is 0 Å². The lowest BCUT2D eigenvalue weighted by Gasteiger charge is -2.13. The molecule has 0 N–H and O–H groups in total. The summed E-state index contributed by atoms with van der Waals surface area (Å²) in [6.45, 7) is 7.27. The van der Waals surface area contributed by atoms with Crippen molar-refractivity contribution in [1.82, 2.24) is 4.57 Å². The second-order valence-corrected chi connectivity index (χ2v) is 7.12. The molecule has 0 aliphatic carbocycles. The summed E-state index contributed by atoms with van der Waals surface area (Å²) >= 11 is 0. The first-order valence-electron chi connectivity index (χ1n) is 9.38. The maximum absolute atomic E-state index is 12.9. The number of hydrogen-bond acceptors (Lipinski definition) is 6. The van der Waals surface area contributed by atoms with Gasteiger partial charge < -0.3 is 13.7 Å². The zero-order chi connectivity index (χ0) is 22.0. The van der Waals surface area contributed by atoms with E-state index in [1.54, 1.807) is 18.4 Å². The van der Waals surface area contributed by atoms with Crippen LogP contribution in [0.3, 0.4) is 0 Å². The Hall–Kier alpha value is -3.68. The molecule has 0 fully saturated rings. The molecule has 0 aliphatic heterocycles. The van der Waals surface area contributed by atoms with Crippen molar-refractivity contribution in [3.8, 4) is 0 Å². The Morgan fingerprint density at radius 3 is 2.53 bits per heavy atom. The molecule has 0 radical (unpaired) electrons. The summed E-state index contributed by atoms with van der Waals surface area (Å²) in [6, 6.07) is 9.38. The van der Waals surface area contributed by atoms with Gasteiger partial charge in [-0.3, -0.25) is 14.9 Å². The number of aryl methyl sites for hydroxylation is 2. The molecule has 156 valence electrons. The first kappa shape index (κ1) is 21.0. The molecule has 0 saturated heterocycles. The molecule has 1 atom stereocenters. The number of rotatable bonds is 7. The van der Waals surface area contributed by atoms with Crippen molar-refractivity contribution in [3.05, 3.63) is 86.6 Å². The number of hydrogen-bond donors (Lipinski definition) is 0. The van der Waals surface area contributed by atoms with Gasteiger partial charge in [-0.25, -0.2) is 4.79 Å². The maximum atomic E-state index is 12.9. The van der Waals surface area contributed by atoms with E-state index in [9.17, 15) is 19.7 Å². The molecule has 0 bridgehead atoms. The Morgan fingerprint density at radius 1 is 1.20 bits per heavy atom. The summed E-state index contributed by atoms with van der Waals surface area (Å²) in [5.74, 6) is -0.261. The van der Waals surface area contributed by atoms with Gasteiger partial charge in [-0.1, -0.05) is 0 Å². The van der Waals surface area contributed by atoms with E-state index in [2.05, 4.69) is 0 Å². The van der Waals surface area contributed by atoms with Crippen LogP contribution in [0.1, 0.15) is 50.4 Å². The summed E-state index contributed by atoms with van der Waals surface area (Å²) in [5, 5.41) is 10.9. The molecule has 0 saturated carbocycles. The zero-order valence-corrected chi connectivity index (χ0v) is 17.2. The minimum Gasteiger partial charge on any atom is -0.467 e. The van der Waals surface area contributed by atoms with Crippen LogP contribution >= 0.6 is 0 Å². The molecule has 30 heavy (non-hydrogen) atoms. The molecular formula is C22H22N2O6. The number of nitro groups is 1. The van der Waals surface area contributed by atoms with Gasteiger partial charge in [0, 0.05) is 28.6 Å². The lowest BCUT2D eigenvalue weighted by molar-refractivity contribution is -0.385. The summed E-state index contributed by atoms with van der Waals surface area (Å²) in [6.07, 6.45) is 0.586. The second-order valence-electron chi connectivity index (χ2n) is 7.12. The Bertz CT molecular complexity index is 1110. The number of nitrogens with zero attached hydrogens (tertiary/aromatic N) is 2. The van der Waals surface area contributed by atoms with E-state index < -0.39 is 17.0 Å². The summed E-state index contributed by atoms with van der Waals surface area (Å²) in [5.41, 5.74) is 2.52. The number of carbonyl (C=O) groups is 2. The van der Waals surface area contributed by atoms with Crippen molar-refractivity contribution < 1.29 is 23.7 Å². The molecule has 2 heterocycles. The summed E-state index contributed by atoms with van der Waals surface area (Å²) in [4.78, 5) is 35.7. The smallest absolute Gasteiger partial charge is 0.338 e. The lowest BCUT2D eigenvalue weighted by Crippen LogP contribution is -2.25. The van der Waals surface area contributed by atoms with Gasteiger partial charge in [-0.2, -0.15) is 0 Å². The van der Waals surface area contributed by atoms with E-state index in [0.717, 1.165) is 17.1 Å². The van der Waals surface area contributed by atoms with Crippen molar-refractivity contribution in [2.24, 2.45) is 0 Å². The van der Waals surface area contributed by atoms with Crippen LogP contribution in [0, 0.1) is 30.9 Å². The van der Waals surface area contributed by atoms with Crippen LogP contribution in [0.4, 0.5) is 5.69 Å². The highest BCUT2D eigenvalue weighted by molar-refractivity contribution is 6.02. The monoisotopic (exact) mass is 410 g/mol. The molecule has 3 rings (SSSR count). The Balaban J connectivity index is 1.75. The van der Waals surface area contributed by atoms with Gasteiger partial charge in [0.05, 0.1) is 23.3 Å². The van der Waals surface area contributed by atoms with E-state index >= 15 is 0 Å². The van der Waals surface area contributed by atoms with Crippen LogP contribution < -0.4 is 0 Å². The van der Waals surface area contributed by atoms with Crippen LogP contribution in [0.25, 0.3) is 0 Å². The molecule has 2 aromatic heterocycles. The highest BCUT2D eigenvalue weighted by Gasteiger charge is 2.25. The minimum atomic E-state index is -1.01. The van der Waals surface area contributed by atoms with E-state index in [-0.39, 0.29) is 17.0 Å². The van der Waals surface area contributed by atoms with Gasteiger partial charge in [0.15, 0.2) is 6.10 Å². The van der Waals surface area contributed by atoms with E-state index in [0.29, 0.717) is 17.7 Å². The van der Waals surface area contributed by atoms with Gasteiger partial charge in [-0.05, 0) is 58.0 Å². The fourth-order valence-electron chi connectivity index (χ4n) is 3.34. The standard InChI is InChI=1S/C22H22N2O6/c1-13-10-17(7-8-20(13)24(27)28)22(26)30-16(4)21(25)19-11-14(2)23(15(19)3)12-18-6-5-9-29-18/h5-11,16H,12H2,1-4H3/t16-/m0/s1. The number of benzene rings is 1. The SMILES string of the molecule is Cc1cc(C(=O)O[C@@H](C)C(=O)c2cc(C)n(Cc3ccco3)c2C)ccc1[N+](=O)[O-]. The number of aromatic nitrogens is 1. The highest BCUT2D eigenvalue weighted by Crippen LogP contribution is 2.22. The fraction of sp³-hybridized carbons (Fsp3) is 0.273. The molecule has 0 amide bonds. The highest BCUT2D eigenvalue weighted by atomic mass is 16.6. The van der Waals surface area contributed by atoms with Crippen LogP contribution in [0.15, 0.2) is 47.1 Å². The predicted octanol–water partition coefficient (Wildman–Crippen LogP) is 4.39. The Kier molecular flexibility index (Phi) is 5.86. The molecule has 3 aromatic rings. The maximum Gasteiger partial charge on any atom is 0.338 e. The number of nitro benzene ring substituents is 1. The van der Waals surface area contributed by atoms with Gasteiger partial charge in [-0.15, -0.1) is 0 Å². The average Bonchev–Trinajstić information content (AvgIpc) is 3.30. The largest absolute Gasteiger partial charge is 0.467 e. The van der Waals surface area contributed by atoms with Crippen molar-refractivity contribution >= 4 is 17.4 Å². The lowest BCUT2D eigenvalue weighted by atomic mass is 10.1. The van der Waals surface area contributed by atoms with Crippen molar-refractivity contribution in [3.63, 3.8) is 0 Å².